The van der Waals surface area contributed by atoms with E-state index in [1.54, 1.807) is 0 Å². The van der Waals surface area contributed by atoms with Crippen LogP contribution >= 0.6 is 92.8 Å². The van der Waals surface area contributed by atoms with E-state index in [1.807, 2.05) is 0 Å². The summed E-state index contributed by atoms with van der Waals surface area (Å²) in [5, 5.41) is 0. The average molecular weight is 524 g/mol. The summed E-state index contributed by atoms with van der Waals surface area (Å²) in [5.74, 6) is 0. The third-order valence-electron chi connectivity index (χ3n) is 0.724. The zero-order chi connectivity index (χ0) is 10.2. The Morgan fingerprint density at radius 2 is 0.833 bits per heavy atom. The van der Waals surface area contributed by atoms with E-state index >= 15 is 0 Å². The van der Waals surface area contributed by atoms with Crippen LogP contribution in [0.3, 0.4) is 0 Å². The zero-order valence-corrected chi connectivity index (χ0v) is 15.6. The Morgan fingerprint density at radius 1 is 0.750 bits per heavy atom. The van der Waals surface area contributed by atoms with Gasteiger partial charge in [0, 0.05) is 0 Å². The van der Waals surface area contributed by atoms with Gasteiger partial charge in [-0.1, -0.05) is 46.4 Å². The fourth-order valence-corrected chi connectivity index (χ4v) is 9.39. The molecular weight excluding hydrogens is 524 g/mol. The van der Waals surface area contributed by atoms with Crippen LogP contribution in [0, 0.1) is 0 Å². The first kappa shape index (κ1) is 15.2. The van der Waals surface area contributed by atoms with Crippen molar-refractivity contribution in [1.29, 1.82) is 0 Å². The zero-order valence-electron chi connectivity index (χ0n) is 5.10. The molecule has 0 aromatic carbocycles. The van der Waals surface area contributed by atoms with E-state index in [-0.39, 0.29) is 0 Å². The Bertz CT molecular complexity index is 140. The fourth-order valence-electron chi connectivity index (χ4n) is 0.192. The summed E-state index contributed by atoms with van der Waals surface area (Å²) in [6, 6.07) is 0. The molecule has 0 unspecified atom stereocenters. The van der Waals surface area contributed by atoms with Crippen LogP contribution in [0.15, 0.2) is 0 Å². The second-order valence-corrected chi connectivity index (χ2v) is 21.6. The first-order chi connectivity index (χ1) is 4.96. The summed E-state index contributed by atoms with van der Waals surface area (Å²) in [7, 11) is 0. The van der Waals surface area contributed by atoms with Gasteiger partial charge < -0.3 is 0 Å². The quantitative estimate of drug-likeness (QED) is 0.323. The predicted octanol–water partition coefficient (Wildman–Crippen LogP) is 4.52. The van der Waals surface area contributed by atoms with Gasteiger partial charge in [-0.05, 0) is 0 Å². The first-order valence-corrected chi connectivity index (χ1v) is 9.85. The van der Waals surface area contributed by atoms with Crippen LogP contribution in [0.1, 0.15) is 0 Å². The molecular formula is C3Cl8Tl. The molecule has 0 N–H and O–H groups in total. The van der Waals surface area contributed by atoms with Crippen molar-refractivity contribution < 1.29 is 0 Å². The van der Waals surface area contributed by atoms with Crippen molar-refractivity contribution in [3.63, 3.8) is 0 Å². The van der Waals surface area contributed by atoms with Gasteiger partial charge >= 0.3 is 74.4 Å². The molecule has 0 aromatic rings. The van der Waals surface area contributed by atoms with Crippen molar-refractivity contribution in [3.05, 3.63) is 0 Å². The van der Waals surface area contributed by atoms with Crippen molar-refractivity contribution in [3.8, 4) is 0 Å². The molecule has 0 aromatic heterocycles. The third-order valence-corrected chi connectivity index (χ3v) is 14.0. The summed E-state index contributed by atoms with van der Waals surface area (Å²) in [4.78, 5) is 0. The van der Waals surface area contributed by atoms with E-state index in [4.69, 9.17) is 92.8 Å². The summed E-state index contributed by atoms with van der Waals surface area (Å²) in [5.41, 5.74) is 0. The van der Waals surface area contributed by atoms with Gasteiger partial charge in [-0.2, -0.15) is 0 Å². The van der Waals surface area contributed by atoms with E-state index < -0.39 is 31.3 Å². The number of alkyl halides is 8. The van der Waals surface area contributed by atoms with Crippen molar-refractivity contribution in [2.75, 3.05) is 0 Å². The topological polar surface area (TPSA) is 0 Å². The molecule has 1 aliphatic heterocycles. The number of hydrogen-bond acceptors (Lipinski definition) is 0. The maximum absolute atomic E-state index is 5.53. The molecule has 0 bridgehead atoms. The molecule has 71 valence electrons. The van der Waals surface area contributed by atoms with E-state index in [1.165, 1.54) is 0 Å². The van der Waals surface area contributed by atoms with Crippen LogP contribution in [-0.2, 0) is 0 Å². The van der Waals surface area contributed by atoms with Crippen LogP contribution in [0.25, 0.3) is 0 Å². The van der Waals surface area contributed by atoms with Crippen molar-refractivity contribution in [1.82, 2.24) is 0 Å². The molecule has 0 atom stereocenters. The second kappa shape index (κ2) is 5.05. The van der Waals surface area contributed by atoms with Gasteiger partial charge in [0.05, 0.1) is 0 Å². The van der Waals surface area contributed by atoms with Crippen molar-refractivity contribution >= 4 is 117 Å². The Kier molecular flexibility index (Phi) is 6.41. The van der Waals surface area contributed by atoms with Gasteiger partial charge in [-0.15, -0.1) is 0 Å². The molecule has 9 heteroatoms. The Morgan fingerprint density at radius 3 is 0.833 bits per heavy atom. The molecule has 1 aliphatic rings. The summed E-state index contributed by atoms with van der Waals surface area (Å²) in [6.45, 7) is 0. The van der Waals surface area contributed by atoms with Crippen molar-refractivity contribution in [2.24, 2.45) is 0 Å². The van der Waals surface area contributed by atoms with Crippen LogP contribution in [0.4, 0.5) is 0 Å². The molecule has 12 heavy (non-hydrogen) atoms. The van der Waals surface area contributed by atoms with Crippen LogP contribution in [0.2, 0.25) is 0 Å². The summed E-state index contributed by atoms with van der Waals surface area (Å²) in [6.07, 6.45) is 0. The monoisotopic (exact) mass is 521 g/mol. The number of halogens is 8. The van der Waals surface area contributed by atoms with Gasteiger partial charge in [0.25, 0.3) is 3.25 Å². The molecule has 1 heterocycles. The normalized spacial score (nSPS) is 22.7. The van der Waals surface area contributed by atoms with Crippen LogP contribution in [0.5, 0.6) is 0 Å². The Labute approximate surface area is 122 Å². The molecule has 0 radical (unpaired) electrons. The molecule has 0 aliphatic carbocycles. The summed E-state index contributed by atoms with van der Waals surface area (Å²) < 4.78 is -2.95. The Hall–Kier alpha value is 3.24. The molecule has 1 fully saturated rings. The molecule has 1 rings (SSSR count). The van der Waals surface area contributed by atoms with E-state index in [0.717, 1.165) is 0 Å². The molecule has 0 amide bonds. The maximum atomic E-state index is 5.53. The number of hydrogen-bond donors (Lipinski definition) is 0. The number of rotatable bonds is 0. The van der Waals surface area contributed by atoms with Gasteiger partial charge in [0.15, 0.2) is 0 Å². The summed E-state index contributed by atoms with van der Waals surface area (Å²) >= 11 is 40.3. The molecule has 1 saturated heterocycles. The SMILES string of the molecule is ClC(Cl)(Cl)Cl.Cl[C]1(Cl)[Tl][C]1(Cl)Cl. The van der Waals surface area contributed by atoms with Crippen LogP contribution in [-0.4, -0.2) is 31.3 Å². The minimum absolute atomic E-state index is 0.671. The first-order valence-electron chi connectivity index (χ1n) is 2.34. The molecule has 0 saturated carbocycles. The predicted molar refractivity (Wildman–Crippen MR) is 60.8 cm³/mol. The van der Waals surface area contributed by atoms with Gasteiger partial charge in [-0.3, -0.25) is 0 Å². The second-order valence-electron chi connectivity index (χ2n) is 1.82. The van der Waals surface area contributed by atoms with Gasteiger partial charge in [-0.25, -0.2) is 0 Å². The fraction of sp³-hybridized carbons (Fsp3) is 1.00. The van der Waals surface area contributed by atoms with Gasteiger partial charge in [0.2, 0.25) is 0 Å². The van der Waals surface area contributed by atoms with Crippen LogP contribution < -0.4 is 0 Å². The minimum atomic E-state index is -1.61. The van der Waals surface area contributed by atoms with Crippen molar-refractivity contribution in [2.45, 2.75) is 7.04 Å². The standard InChI is InChI=1S/C2Cl4.CCl4.Tl/c3-1(4)2(5)6;2-1(3,4)5;. The van der Waals surface area contributed by atoms with E-state index in [0.29, 0.717) is 0 Å². The Balaban J connectivity index is 0.000000217. The van der Waals surface area contributed by atoms with E-state index in [2.05, 4.69) is 0 Å². The molecule has 0 nitrogen and oxygen atoms in total. The third kappa shape index (κ3) is 7.52. The molecule has 0 spiro atoms. The average Bonchev–Trinajstić information content (AvgIpc) is 1.93. The van der Waals surface area contributed by atoms with E-state index in [9.17, 15) is 0 Å². The van der Waals surface area contributed by atoms with Gasteiger partial charge in [0.1, 0.15) is 0 Å².